The zero-order valence-electron chi connectivity index (χ0n) is 8.49. The van der Waals surface area contributed by atoms with Gasteiger partial charge in [0.2, 0.25) is 0 Å². The third-order valence-electron chi connectivity index (χ3n) is 2.16. The summed E-state index contributed by atoms with van der Waals surface area (Å²) in [6, 6.07) is 3.85. The first-order chi connectivity index (χ1) is 7.61. The second-order valence-electron chi connectivity index (χ2n) is 3.21. The number of benzene rings is 1. The first kappa shape index (κ1) is 10.3. The van der Waals surface area contributed by atoms with E-state index in [-0.39, 0.29) is 22.9 Å². The minimum Gasteiger partial charge on any atom is -0.507 e. The molecular weight excluding hydrogens is 213 g/mol. The number of aromatic nitrogens is 2. The minimum atomic E-state index is -0.566. The van der Waals surface area contributed by atoms with Gasteiger partial charge in [0.1, 0.15) is 11.6 Å². The minimum absolute atomic E-state index is 0.0197. The number of halogens is 1. The highest BCUT2D eigenvalue weighted by Crippen LogP contribution is 2.33. The standard InChI is InChI=1S/C10H10FN3O2/c1-16-9-4-8(15)5(2-6(9)11)7-3-10(12)14-13-7/h2-4,15H,1H3,(H3,12,13,14). The molecule has 1 heterocycles. The molecule has 1 aromatic heterocycles. The van der Waals surface area contributed by atoms with Crippen LogP contribution >= 0.6 is 0 Å². The number of nitrogen functional groups attached to an aromatic ring is 1. The van der Waals surface area contributed by atoms with Crippen LogP contribution in [0.25, 0.3) is 11.3 Å². The van der Waals surface area contributed by atoms with E-state index in [2.05, 4.69) is 10.2 Å². The van der Waals surface area contributed by atoms with Gasteiger partial charge in [0.05, 0.1) is 12.8 Å². The Kier molecular flexibility index (Phi) is 2.40. The van der Waals surface area contributed by atoms with Crippen LogP contribution in [0, 0.1) is 5.82 Å². The smallest absolute Gasteiger partial charge is 0.166 e. The van der Waals surface area contributed by atoms with Crippen LogP contribution in [0.4, 0.5) is 10.2 Å². The number of nitrogens with two attached hydrogens (primary N) is 1. The molecule has 5 nitrogen and oxygen atoms in total. The molecule has 4 N–H and O–H groups in total. The molecule has 0 aliphatic rings. The van der Waals surface area contributed by atoms with Crippen LogP contribution in [-0.2, 0) is 0 Å². The highest BCUT2D eigenvalue weighted by molar-refractivity contribution is 5.69. The number of nitrogens with one attached hydrogen (secondary N) is 1. The summed E-state index contributed by atoms with van der Waals surface area (Å²) in [6.07, 6.45) is 0. The Morgan fingerprint density at radius 2 is 2.19 bits per heavy atom. The van der Waals surface area contributed by atoms with Gasteiger partial charge in [-0.05, 0) is 6.07 Å². The van der Waals surface area contributed by atoms with Gasteiger partial charge in [-0.3, -0.25) is 5.10 Å². The van der Waals surface area contributed by atoms with Gasteiger partial charge in [-0.25, -0.2) is 4.39 Å². The van der Waals surface area contributed by atoms with E-state index < -0.39 is 5.82 Å². The van der Waals surface area contributed by atoms with Crippen LogP contribution in [-0.4, -0.2) is 22.4 Å². The van der Waals surface area contributed by atoms with E-state index in [0.717, 1.165) is 6.07 Å². The molecule has 0 fully saturated rings. The van der Waals surface area contributed by atoms with Crippen LogP contribution < -0.4 is 10.5 Å². The lowest BCUT2D eigenvalue weighted by atomic mass is 10.1. The van der Waals surface area contributed by atoms with Crippen molar-refractivity contribution in [2.24, 2.45) is 0 Å². The molecule has 0 unspecified atom stereocenters. The van der Waals surface area contributed by atoms with Crippen molar-refractivity contribution < 1.29 is 14.2 Å². The molecular formula is C10H10FN3O2. The van der Waals surface area contributed by atoms with Crippen molar-refractivity contribution in [3.8, 4) is 22.8 Å². The molecule has 0 atom stereocenters. The zero-order chi connectivity index (χ0) is 11.7. The highest BCUT2D eigenvalue weighted by Gasteiger charge is 2.12. The number of aromatic hydroxyl groups is 1. The van der Waals surface area contributed by atoms with Crippen molar-refractivity contribution in [1.82, 2.24) is 10.2 Å². The molecule has 2 aromatic rings. The van der Waals surface area contributed by atoms with E-state index in [1.165, 1.54) is 19.2 Å². The number of ether oxygens (including phenoxy) is 1. The topological polar surface area (TPSA) is 84.2 Å². The molecule has 84 valence electrons. The summed E-state index contributed by atoms with van der Waals surface area (Å²) in [4.78, 5) is 0. The van der Waals surface area contributed by atoms with Crippen molar-refractivity contribution in [1.29, 1.82) is 0 Å². The molecule has 0 amide bonds. The van der Waals surface area contributed by atoms with Gasteiger partial charge in [-0.1, -0.05) is 0 Å². The lowest BCUT2D eigenvalue weighted by molar-refractivity contribution is 0.381. The Balaban J connectivity index is 2.54. The molecule has 0 aliphatic heterocycles. The molecule has 0 spiro atoms. The maximum absolute atomic E-state index is 13.4. The zero-order valence-corrected chi connectivity index (χ0v) is 8.49. The van der Waals surface area contributed by atoms with Gasteiger partial charge >= 0.3 is 0 Å². The van der Waals surface area contributed by atoms with Crippen molar-refractivity contribution >= 4 is 5.82 Å². The third-order valence-corrected chi connectivity index (χ3v) is 2.16. The lowest BCUT2D eigenvalue weighted by Crippen LogP contribution is -1.89. The van der Waals surface area contributed by atoms with Crippen molar-refractivity contribution in [3.05, 3.63) is 24.0 Å². The number of hydrogen-bond donors (Lipinski definition) is 3. The SMILES string of the molecule is COc1cc(O)c(-c2cc(N)n[nH]2)cc1F. The summed E-state index contributed by atoms with van der Waals surface area (Å²) in [5, 5.41) is 16.0. The normalized spacial score (nSPS) is 10.4. The number of phenolic OH excluding ortho intramolecular Hbond substituents is 1. The number of hydrogen-bond acceptors (Lipinski definition) is 4. The molecule has 0 saturated heterocycles. The Morgan fingerprint density at radius 1 is 1.44 bits per heavy atom. The summed E-state index contributed by atoms with van der Waals surface area (Å²) in [5.74, 6) is -0.426. The van der Waals surface area contributed by atoms with E-state index in [9.17, 15) is 9.50 Å². The van der Waals surface area contributed by atoms with Crippen LogP contribution in [0.15, 0.2) is 18.2 Å². The number of nitrogens with zero attached hydrogens (tertiary/aromatic N) is 1. The summed E-state index contributed by atoms with van der Waals surface area (Å²) in [6.45, 7) is 0. The number of phenols is 1. The van der Waals surface area contributed by atoms with Gasteiger partial charge in [0.25, 0.3) is 0 Å². The van der Waals surface area contributed by atoms with Crippen LogP contribution in [0.5, 0.6) is 11.5 Å². The van der Waals surface area contributed by atoms with E-state index in [4.69, 9.17) is 10.5 Å². The fourth-order valence-corrected chi connectivity index (χ4v) is 1.39. The van der Waals surface area contributed by atoms with Crippen molar-refractivity contribution in [2.45, 2.75) is 0 Å². The predicted octanol–water partition coefficient (Wildman–Crippen LogP) is 1.51. The van der Waals surface area contributed by atoms with Crippen molar-refractivity contribution in [2.75, 3.05) is 12.8 Å². The molecule has 16 heavy (non-hydrogen) atoms. The fourth-order valence-electron chi connectivity index (χ4n) is 1.39. The summed E-state index contributed by atoms with van der Waals surface area (Å²) in [5.41, 5.74) is 6.14. The van der Waals surface area contributed by atoms with Crippen LogP contribution in [0.1, 0.15) is 0 Å². The average Bonchev–Trinajstić information content (AvgIpc) is 2.67. The van der Waals surface area contributed by atoms with E-state index in [0.29, 0.717) is 5.69 Å². The number of anilines is 1. The molecule has 0 radical (unpaired) electrons. The van der Waals surface area contributed by atoms with Gasteiger partial charge < -0.3 is 15.6 Å². The molecule has 0 bridgehead atoms. The monoisotopic (exact) mass is 223 g/mol. The molecule has 2 rings (SSSR count). The predicted molar refractivity (Wildman–Crippen MR) is 56.6 cm³/mol. The van der Waals surface area contributed by atoms with Gasteiger partial charge in [0.15, 0.2) is 11.6 Å². The largest absolute Gasteiger partial charge is 0.507 e. The number of rotatable bonds is 2. The Hall–Kier alpha value is -2.24. The maximum Gasteiger partial charge on any atom is 0.166 e. The molecule has 6 heteroatoms. The summed E-state index contributed by atoms with van der Waals surface area (Å²) in [7, 11) is 1.33. The second kappa shape index (κ2) is 3.73. The summed E-state index contributed by atoms with van der Waals surface area (Å²) < 4.78 is 18.2. The van der Waals surface area contributed by atoms with E-state index in [1.54, 1.807) is 0 Å². The molecule has 1 aromatic carbocycles. The Morgan fingerprint density at radius 3 is 2.75 bits per heavy atom. The number of aromatic amines is 1. The molecule has 0 aliphatic carbocycles. The number of H-pyrrole nitrogens is 1. The van der Waals surface area contributed by atoms with Crippen LogP contribution in [0.3, 0.4) is 0 Å². The fraction of sp³-hybridized carbons (Fsp3) is 0.100. The highest BCUT2D eigenvalue weighted by atomic mass is 19.1. The van der Waals surface area contributed by atoms with Gasteiger partial charge in [-0.2, -0.15) is 5.10 Å². The van der Waals surface area contributed by atoms with Gasteiger partial charge in [0, 0.05) is 17.7 Å². The lowest BCUT2D eigenvalue weighted by Gasteiger charge is -2.06. The third kappa shape index (κ3) is 1.65. The number of methoxy groups -OCH3 is 1. The molecule has 0 saturated carbocycles. The maximum atomic E-state index is 13.4. The Labute approximate surface area is 90.7 Å². The van der Waals surface area contributed by atoms with Gasteiger partial charge in [-0.15, -0.1) is 0 Å². The van der Waals surface area contributed by atoms with Crippen LogP contribution in [0.2, 0.25) is 0 Å². The first-order valence-corrected chi connectivity index (χ1v) is 4.49. The Bertz CT molecular complexity index is 525. The quantitative estimate of drug-likeness (QED) is 0.720. The first-order valence-electron chi connectivity index (χ1n) is 4.49. The average molecular weight is 223 g/mol. The van der Waals surface area contributed by atoms with E-state index in [1.807, 2.05) is 0 Å². The second-order valence-corrected chi connectivity index (χ2v) is 3.21. The summed E-state index contributed by atoms with van der Waals surface area (Å²) >= 11 is 0. The van der Waals surface area contributed by atoms with E-state index >= 15 is 0 Å². The van der Waals surface area contributed by atoms with Crippen molar-refractivity contribution in [3.63, 3.8) is 0 Å².